The molecule has 0 aliphatic carbocycles. The molecule has 0 rings (SSSR count). The lowest BCUT2D eigenvalue weighted by molar-refractivity contribution is -0.128. The van der Waals surface area contributed by atoms with Gasteiger partial charge in [-0.3, -0.25) is 9.59 Å². The third-order valence-electron chi connectivity index (χ3n) is 1.47. The number of amides is 1. The minimum absolute atomic E-state index is 0.00398. The van der Waals surface area contributed by atoms with E-state index in [2.05, 4.69) is 5.32 Å². The highest BCUT2D eigenvalue weighted by atomic mass is 16.2. The average molecular weight is 172 g/mol. The van der Waals surface area contributed by atoms with Gasteiger partial charge < -0.3 is 11.1 Å². The van der Waals surface area contributed by atoms with Crippen LogP contribution in [-0.4, -0.2) is 24.8 Å². The maximum atomic E-state index is 11.2. The third kappa shape index (κ3) is 4.08. The van der Waals surface area contributed by atoms with Crippen molar-refractivity contribution in [3.63, 3.8) is 0 Å². The number of nitrogens with one attached hydrogen (secondary N) is 1. The number of hydrogen-bond donors (Lipinski definition) is 2. The first kappa shape index (κ1) is 11.1. The van der Waals surface area contributed by atoms with Crippen molar-refractivity contribution in [1.82, 2.24) is 5.32 Å². The lowest BCUT2D eigenvalue weighted by Gasteiger charge is -2.16. The third-order valence-corrected chi connectivity index (χ3v) is 1.47. The molecule has 0 aromatic heterocycles. The molecule has 0 fully saturated rings. The first-order valence-electron chi connectivity index (χ1n) is 3.88. The van der Waals surface area contributed by atoms with E-state index in [-0.39, 0.29) is 24.8 Å². The molecule has 0 aliphatic heterocycles. The predicted molar refractivity (Wildman–Crippen MR) is 46.5 cm³/mol. The minimum Gasteiger partial charge on any atom is -0.348 e. The van der Waals surface area contributed by atoms with E-state index in [0.29, 0.717) is 0 Å². The number of carbonyl (C=O) groups excluding carboxylic acids is 2. The molecule has 70 valence electrons. The Balaban J connectivity index is 3.81. The van der Waals surface area contributed by atoms with E-state index in [1.165, 1.54) is 0 Å². The standard InChI is InChI=1S/C8H16N2O2/c1-8(2,3)6(11)5-10-7(12)4-9/h4-5,9H2,1-3H3,(H,10,12). The van der Waals surface area contributed by atoms with Gasteiger partial charge in [-0.05, 0) is 0 Å². The Hall–Kier alpha value is -0.900. The number of carbonyl (C=O) groups is 2. The Morgan fingerprint density at radius 2 is 1.83 bits per heavy atom. The van der Waals surface area contributed by atoms with Crippen molar-refractivity contribution >= 4 is 11.7 Å². The van der Waals surface area contributed by atoms with E-state index < -0.39 is 5.41 Å². The number of nitrogens with two attached hydrogens (primary N) is 1. The summed E-state index contributed by atoms with van der Waals surface area (Å²) in [5.74, 6) is -0.295. The SMILES string of the molecule is CC(C)(C)C(=O)CNC(=O)CN. The van der Waals surface area contributed by atoms with Crippen molar-refractivity contribution in [3.8, 4) is 0 Å². The highest BCUT2D eigenvalue weighted by Crippen LogP contribution is 2.13. The van der Waals surface area contributed by atoms with Crippen LogP contribution in [0.1, 0.15) is 20.8 Å². The van der Waals surface area contributed by atoms with Gasteiger partial charge in [-0.25, -0.2) is 0 Å². The fraction of sp³-hybridized carbons (Fsp3) is 0.750. The van der Waals surface area contributed by atoms with Crippen LogP contribution in [0.3, 0.4) is 0 Å². The summed E-state index contributed by atoms with van der Waals surface area (Å²) in [7, 11) is 0. The van der Waals surface area contributed by atoms with E-state index in [4.69, 9.17) is 5.73 Å². The van der Waals surface area contributed by atoms with Crippen molar-refractivity contribution in [2.24, 2.45) is 11.1 Å². The van der Waals surface area contributed by atoms with Crippen LogP contribution in [0, 0.1) is 5.41 Å². The monoisotopic (exact) mass is 172 g/mol. The van der Waals surface area contributed by atoms with Crippen molar-refractivity contribution in [2.75, 3.05) is 13.1 Å². The molecule has 12 heavy (non-hydrogen) atoms. The van der Waals surface area contributed by atoms with Crippen LogP contribution in [0.2, 0.25) is 0 Å². The van der Waals surface area contributed by atoms with Gasteiger partial charge in [0.15, 0.2) is 5.78 Å². The van der Waals surface area contributed by atoms with E-state index in [1.807, 2.05) is 20.8 Å². The predicted octanol–water partition coefficient (Wildman–Crippen LogP) is -0.323. The summed E-state index contributed by atoms with van der Waals surface area (Å²) in [5, 5.41) is 2.43. The molecule has 0 bridgehead atoms. The fourth-order valence-corrected chi connectivity index (χ4v) is 0.516. The average Bonchev–Trinajstić information content (AvgIpc) is 1.97. The number of ketones is 1. The first-order chi connectivity index (χ1) is 5.38. The van der Waals surface area contributed by atoms with E-state index in [1.54, 1.807) is 0 Å². The summed E-state index contributed by atoms with van der Waals surface area (Å²) in [6, 6.07) is 0. The van der Waals surface area contributed by atoms with E-state index in [0.717, 1.165) is 0 Å². The number of rotatable bonds is 3. The summed E-state index contributed by atoms with van der Waals surface area (Å²) in [5.41, 5.74) is 4.64. The first-order valence-corrected chi connectivity index (χ1v) is 3.88. The van der Waals surface area contributed by atoms with Crippen molar-refractivity contribution in [3.05, 3.63) is 0 Å². The molecular weight excluding hydrogens is 156 g/mol. The fourth-order valence-electron chi connectivity index (χ4n) is 0.516. The quantitative estimate of drug-likeness (QED) is 0.612. The zero-order valence-corrected chi connectivity index (χ0v) is 7.81. The maximum Gasteiger partial charge on any atom is 0.234 e. The Bertz CT molecular complexity index is 182. The summed E-state index contributed by atoms with van der Waals surface area (Å²) < 4.78 is 0. The second kappa shape index (κ2) is 4.21. The molecule has 0 aromatic rings. The molecule has 0 aliphatic rings. The molecule has 3 N–H and O–H groups in total. The van der Waals surface area contributed by atoms with Gasteiger partial charge in [0.05, 0.1) is 13.1 Å². The summed E-state index contributed by atoms with van der Waals surface area (Å²) in [4.78, 5) is 21.9. The summed E-state index contributed by atoms with van der Waals surface area (Å²) >= 11 is 0. The second-order valence-corrected chi connectivity index (χ2v) is 3.65. The van der Waals surface area contributed by atoms with Gasteiger partial charge in [0.1, 0.15) is 0 Å². The molecule has 0 aromatic carbocycles. The number of Topliss-reactive ketones (excluding diaryl/α,β-unsaturated/α-hetero) is 1. The zero-order chi connectivity index (χ0) is 9.78. The van der Waals surface area contributed by atoms with Gasteiger partial charge >= 0.3 is 0 Å². The van der Waals surface area contributed by atoms with Crippen molar-refractivity contribution in [2.45, 2.75) is 20.8 Å². The largest absolute Gasteiger partial charge is 0.348 e. The maximum absolute atomic E-state index is 11.2. The van der Waals surface area contributed by atoms with Gasteiger partial charge in [0.2, 0.25) is 5.91 Å². The Kier molecular flexibility index (Phi) is 3.89. The van der Waals surface area contributed by atoms with Gasteiger partial charge in [-0.15, -0.1) is 0 Å². The molecule has 4 nitrogen and oxygen atoms in total. The molecule has 0 atom stereocenters. The molecule has 0 saturated carbocycles. The molecule has 0 saturated heterocycles. The lowest BCUT2D eigenvalue weighted by atomic mass is 9.91. The highest BCUT2D eigenvalue weighted by molar-refractivity contribution is 5.89. The van der Waals surface area contributed by atoms with Crippen LogP contribution in [0.4, 0.5) is 0 Å². The molecule has 0 spiro atoms. The molecule has 0 radical (unpaired) electrons. The van der Waals surface area contributed by atoms with Gasteiger partial charge in [0, 0.05) is 5.41 Å². The summed E-state index contributed by atoms with van der Waals surface area (Å²) in [6.45, 7) is 5.43. The van der Waals surface area contributed by atoms with Gasteiger partial charge in [-0.1, -0.05) is 20.8 Å². The highest BCUT2D eigenvalue weighted by Gasteiger charge is 2.20. The normalized spacial score (nSPS) is 11.0. The minimum atomic E-state index is -0.401. The smallest absolute Gasteiger partial charge is 0.234 e. The summed E-state index contributed by atoms with van der Waals surface area (Å²) in [6.07, 6.45) is 0. The van der Waals surface area contributed by atoms with Gasteiger partial charge in [0.25, 0.3) is 0 Å². The van der Waals surface area contributed by atoms with Gasteiger partial charge in [-0.2, -0.15) is 0 Å². The molecule has 4 heteroatoms. The second-order valence-electron chi connectivity index (χ2n) is 3.65. The molecule has 0 unspecified atom stereocenters. The van der Waals surface area contributed by atoms with E-state index in [9.17, 15) is 9.59 Å². The topological polar surface area (TPSA) is 72.2 Å². The lowest BCUT2D eigenvalue weighted by Crippen LogP contribution is -2.38. The molecule has 1 amide bonds. The van der Waals surface area contributed by atoms with Crippen LogP contribution >= 0.6 is 0 Å². The van der Waals surface area contributed by atoms with E-state index >= 15 is 0 Å². The van der Waals surface area contributed by atoms with Crippen molar-refractivity contribution < 1.29 is 9.59 Å². The number of hydrogen-bond acceptors (Lipinski definition) is 3. The Morgan fingerprint density at radius 1 is 1.33 bits per heavy atom. The Morgan fingerprint density at radius 3 is 2.17 bits per heavy atom. The van der Waals surface area contributed by atoms with Crippen LogP contribution in [0.25, 0.3) is 0 Å². The molecular formula is C8H16N2O2. The Labute approximate surface area is 72.5 Å². The van der Waals surface area contributed by atoms with Crippen LogP contribution in [-0.2, 0) is 9.59 Å². The van der Waals surface area contributed by atoms with Crippen LogP contribution in [0.5, 0.6) is 0 Å². The zero-order valence-electron chi connectivity index (χ0n) is 7.81. The molecule has 0 heterocycles. The van der Waals surface area contributed by atoms with Crippen LogP contribution in [0.15, 0.2) is 0 Å². The van der Waals surface area contributed by atoms with Crippen LogP contribution < -0.4 is 11.1 Å². The van der Waals surface area contributed by atoms with Crippen molar-refractivity contribution in [1.29, 1.82) is 0 Å².